The molecule has 0 unspecified atom stereocenters. The van der Waals surface area contributed by atoms with Crippen LogP contribution in [0, 0.1) is 0 Å². The number of benzene rings is 4. The molecule has 324 valence electrons. The summed E-state index contributed by atoms with van der Waals surface area (Å²) in [5.41, 5.74) is 7.54. The van der Waals surface area contributed by atoms with Gasteiger partial charge >= 0.3 is 0 Å². The lowest BCUT2D eigenvalue weighted by Gasteiger charge is -2.30. The molecular weight excluding hydrogens is 749 g/mol. The smallest absolute Gasteiger partial charge is 0.185 e. The molecule has 0 spiro atoms. The molecule has 0 atom stereocenters. The SMILES string of the molecule is CCCOc1c(C(C)(C)C)cc(C(C)(C)C)c(O)c1C=CC(=O)c1ccc(NC)cc1.CCCOc1c(C(C)C)cc(C(C)C)c(O)c1C=CC(=O)c1ccc(NC)cc1. The van der Waals surface area contributed by atoms with E-state index >= 15 is 0 Å². The quantitative estimate of drug-likeness (QED) is 0.0652. The van der Waals surface area contributed by atoms with E-state index in [0.717, 1.165) is 46.5 Å². The number of hydrogen-bond donors (Lipinski definition) is 4. The lowest BCUT2D eigenvalue weighted by molar-refractivity contribution is 0.103. The van der Waals surface area contributed by atoms with Gasteiger partial charge in [-0.3, -0.25) is 9.59 Å². The molecule has 8 heteroatoms. The van der Waals surface area contributed by atoms with Crippen molar-refractivity contribution in [2.45, 2.75) is 119 Å². The average molecular weight is 819 g/mol. The number of hydrogen-bond acceptors (Lipinski definition) is 8. The fourth-order valence-electron chi connectivity index (χ4n) is 6.54. The summed E-state index contributed by atoms with van der Waals surface area (Å²) in [6, 6.07) is 18.7. The standard InChI is InChI=1S/C27H37NO3.C25H33NO3/c1-9-16-31-25-20(14-15-23(29)18-10-12-19(28-8)13-11-18)24(30)21(26(2,3)4)17-22(25)27(5,6)7;1-7-14-29-25-20(24(28)21(16(2)3)15-22(25)17(4)5)12-13-23(27)18-8-10-19(26-6)11-9-18/h10-15,17,28,30H,9,16H2,1-8H3;8-13,15-17,26,28H,7,14H2,1-6H3. The third kappa shape index (κ3) is 12.8. The van der Waals surface area contributed by atoms with Crippen molar-refractivity contribution in [2.75, 3.05) is 37.9 Å². The van der Waals surface area contributed by atoms with Crippen LogP contribution in [0.15, 0.2) is 72.8 Å². The summed E-state index contributed by atoms with van der Waals surface area (Å²) in [6.07, 6.45) is 8.12. The summed E-state index contributed by atoms with van der Waals surface area (Å²) in [6.45, 7) is 26.1. The van der Waals surface area contributed by atoms with Crippen molar-refractivity contribution in [3.8, 4) is 23.0 Å². The van der Waals surface area contributed by atoms with E-state index in [2.05, 4.69) is 72.1 Å². The van der Waals surface area contributed by atoms with Gasteiger partial charge in [0.05, 0.1) is 24.3 Å². The Morgan fingerprint density at radius 2 is 1.00 bits per heavy atom. The van der Waals surface area contributed by atoms with Gasteiger partial charge in [-0.1, -0.05) is 83.1 Å². The van der Waals surface area contributed by atoms with Crippen LogP contribution < -0.4 is 20.1 Å². The van der Waals surface area contributed by atoms with E-state index in [9.17, 15) is 19.8 Å². The lowest BCUT2D eigenvalue weighted by Crippen LogP contribution is -2.19. The molecule has 0 aliphatic rings. The predicted molar refractivity (Wildman–Crippen MR) is 252 cm³/mol. The number of phenolic OH excluding ortho intramolecular Hbond substituents is 2. The van der Waals surface area contributed by atoms with Gasteiger partial charge in [0.1, 0.15) is 23.0 Å². The highest BCUT2D eigenvalue weighted by Gasteiger charge is 2.29. The lowest BCUT2D eigenvalue weighted by atomic mass is 9.78. The van der Waals surface area contributed by atoms with E-state index in [-0.39, 0.29) is 45.7 Å². The maximum absolute atomic E-state index is 12.8. The minimum atomic E-state index is -0.261. The molecule has 4 rings (SSSR count). The molecule has 0 aliphatic heterocycles. The van der Waals surface area contributed by atoms with Gasteiger partial charge in [-0.2, -0.15) is 0 Å². The summed E-state index contributed by atoms with van der Waals surface area (Å²) >= 11 is 0. The number of carbonyl (C=O) groups excluding carboxylic acids is 2. The van der Waals surface area contributed by atoms with Crippen LogP contribution in [-0.4, -0.2) is 49.1 Å². The number of anilines is 2. The maximum atomic E-state index is 12.8. The Balaban J connectivity index is 0.000000321. The molecule has 4 aromatic carbocycles. The first-order chi connectivity index (χ1) is 28.2. The zero-order chi connectivity index (χ0) is 44.9. The Morgan fingerprint density at radius 1 is 0.600 bits per heavy atom. The molecule has 8 nitrogen and oxygen atoms in total. The molecule has 0 radical (unpaired) electrons. The third-order valence-electron chi connectivity index (χ3n) is 10.1. The first kappa shape index (κ1) is 48.9. The molecule has 0 aliphatic carbocycles. The molecular formula is C52H70N2O6. The third-order valence-corrected chi connectivity index (χ3v) is 10.1. The molecule has 0 bridgehead atoms. The van der Waals surface area contributed by atoms with Crippen LogP contribution in [0.2, 0.25) is 0 Å². The monoisotopic (exact) mass is 819 g/mol. The second-order valence-electron chi connectivity index (χ2n) is 17.8. The van der Waals surface area contributed by atoms with Crippen LogP contribution in [0.25, 0.3) is 12.2 Å². The second-order valence-corrected chi connectivity index (χ2v) is 17.8. The van der Waals surface area contributed by atoms with Gasteiger partial charge < -0.3 is 30.3 Å². The van der Waals surface area contributed by atoms with Gasteiger partial charge in [0.2, 0.25) is 0 Å². The highest BCUT2D eigenvalue weighted by molar-refractivity contribution is 6.08. The number of allylic oxidation sites excluding steroid dienone is 2. The Labute approximate surface area is 360 Å². The molecule has 0 saturated heterocycles. The zero-order valence-corrected chi connectivity index (χ0v) is 38.6. The Morgan fingerprint density at radius 3 is 1.37 bits per heavy atom. The van der Waals surface area contributed by atoms with Crippen LogP contribution in [0.3, 0.4) is 0 Å². The molecule has 0 aromatic heterocycles. The van der Waals surface area contributed by atoms with Crippen LogP contribution in [0.5, 0.6) is 23.0 Å². The van der Waals surface area contributed by atoms with E-state index in [4.69, 9.17) is 9.47 Å². The van der Waals surface area contributed by atoms with Crippen molar-refractivity contribution < 1.29 is 29.3 Å². The number of carbonyl (C=O) groups is 2. The second kappa shape index (κ2) is 21.7. The summed E-state index contributed by atoms with van der Waals surface area (Å²) in [4.78, 5) is 25.5. The molecule has 4 N–H and O–H groups in total. The summed E-state index contributed by atoms with van der Waals surface area (Å²) in [5.74, 6) is 1.82. The van der Waals surface area contributed by atoms with E-state index in [1.54, 1.807) is 36.4 Å². The van der Waals surface area contributed by atoms with Gasteiger partial charge in [-0.05, 0) is 132 Å². The molecule has 4 aromatic rings. The molecule has 60 heavy (non-hydrogen) atoms. The van der Waals surface area contributed by atoms with Crippen LogP contribution in [-0.2, 0) is 10.8 Å². The van der Waals surface area contributed by atoms with Crippen molar-refractivity contribution in [3.05, 3.63) is 117 Å². The van der Waals surface area contributed by atoms with Crippen LogP contribution in [0.1, 0.15) is 162 Å². The van der Waals surface area contributed by atoms with Crippen LogP contribution >= 0.6 is 0 Å². The van der Waals surface area contributed by atoms with E-state index in [1.807, 2.05) is 72.1 Å². The van der Waals surface area contributed by atoms with Gasteiger partial charge in [-0.25, -0.2) is 0 Å². The number of ketones is 2. The van der Waals surface area contributed by atoms with Crippen molar-refractivity contribution in [1.29, 1.82) is 0 Å². The van der Waals surface area contributed by atoms with Crippen LogP contribution in [0.4, 0.5) is 11.4 Å². The number of aromatic hydroxyl groups is 2. The molecule has 0 saturated carbocycles. The predicted octanol–water partition coefficient (Wildman–Crippen LogP) is 13.1. The number of rotatable bonds is 16. The summed E-state index contributed by atoms with van der Waals surface area (Å²) in [5, 5.41) is 28.2. The van der Waals surface area contributed by atoms with Crippen molar-refractivity contribution in [3.63, 3.8) is 0 Å². The van der Waals surface area contributed by atoms with E-state index < -0.39 is 0 Å². The fourth-order valence-corrected chi connectivity index (χ4v) is 6.54. The van der Waals surface area contributed by atoms with Gasteiger partial charge in [0.15, 0.2) is 11.6 Å². The van der Waals surface area contributed by atoms with Gasteiger partial charge in [0.25, 0.3) is 0 Å². The van der Waals surface area contributed by atoms with E-state index in [0.29, 0.717) is 47.0 Å². The molecule has 0 amide bonds. The molecule has 0 heterocycles. The molecule has 0 fully saturated rings. The highest BCUT2D eigenvalue weighted by atomic mass is 16.5. The topological polar surface area (TPSA) is 117 Å². The summed E-state index contributed by atoms with van der Waals surface area (Å²) in [7, 11) is 3.68. The van der Waals surface area contributed by atoms with Gasteiger partial charge in [0, 0.05) is 47.7 Å². The number of nitrogens with one attached hydrogen (secondary N) is 2. The van der Waals surface area contributed by atoms with Gasteiger partial charge in [-0.15, -0.1) is 0 Å². The normalized spacial score (nSPS) is 11.9. The first-order valence-electron chi connectivity index (χ1n) is 21.3. The van der Waals surface area contributed by atoms with Crippen molar-refractivity contribution in [2.24, 2.45) is 0 Å². The maximum Gasteiger partial charge on any atom is 0.185 e. The van der Waals surface area contributed by atoms with Crippen molar-refractivity contribution >= 4 is 35.1 Å². The minimum Gasteiger partial charge on any atom is -0.507 e. The minimum absolute atomic E-state index is 0.116. The summed E-state index contributed by atoms with van der Waals surface area (Å²) < 4.78 is 12.2. The van der Waals surface area contributed by atoms with Crippen molar-refractivity contribution in [1.82, 2.24) is 0 Å². The largest absolute Gasteiger partial charge is 0.507 e. The Kier molecular flexibility index (Phi) is 17.6. The first-order valence-corrected chi connectivity index (χ1v) is 21.3. The fraction of sp³-hybridized carbons (Fsp3) is 0.423. The Hall–Kier alpha value is -5.50. The number of phenols is 2. The zero-order valence-electron chi connectivity index (χ0n) is 38.6. The Bertz CT molecular complexity index is 2110. The number of ether oxygens (including phenoxy) is 2. The average Bonchev–Trinajstić information content (AvgIpc) is 3.20. The van der Waals surface area contributed by atoms with E-state index in [1.165, 1.54) is 12.2 Å². The highest BCUT2D eigenvalue weighted by Crippen LogP contribution is 2.46.